The lowest BCUT2D eigenvalue weighted by atomic mass is 10.6. The van der Waals surface area contributed by atoms with Gasteiger partial charge in [-0.05, 0) is 0 Å². The lowest BCUT2D eigenvalue weighted by molar-refractivity contribution is 0.00827. The number of rotatable bonds is 5. The van der Waals surface area contributed by atoms with Gasteiger partial charge in [-0.1, -0.05) is 0 Å². The number of H-pyrrole nitrogens is 1. The highest BCUT2D eigenvalue weighted by Gasteiger charge is 2.06. The van der Waals surface area contributed by atoms with Crippen molar-refractivity contribution in [1.29, 1.82) is 0 Å². The first-order valence-electron chi connectivity index (χ1n) is 3.61. The zero-order valence-corrected chi connectivity index (χ0v) is 7.11. The fourth-order valence-corrected chi connectivity index (χ4v) is 0.605. The lowest BCUT2D eigenvalue weighted by Gasteiger charge is -2.02. The number of carbonyl (C=O) groups is 1. The maximum Gasteiger partial charge on any atom is 0.312 e. The summed E-state index contributed by atoms with van der Waals surface area (Å²) in [5, 5.41) is 5.90. The minimum absolute atomic E-state index is 0.109. The van der Waals surface area contributed by atoms with Crippen LogP contribution in [0.5, 0.6) is 0 Å². The van der Waals surface area contributed by atoms with Gasteiger partial charge < -0.3 is 4.74 Å². The molecule has 0 aliphatic carbocycles. The first-order valence-corrected chi connectivity index (χ1v) is 3.61. The molecule has 13 heavy (non-hydrogen) atoms. The van der Waals surface area contributed by atoms with Crippen molar-refractivity contribution >= 4 is 5.91 Å². The standard InChI is InChI=1S/C6H10N4O3/c1-12-2-3-13-10-6(11)5-7-4-8-9-5/h4H,2-3H2,1H3,(H,10,11)(H,7,8,9). The van der Waals surface area contributed by atoms with Gasteiger partial charge in [-0.2, -0.15) is 5.10 Å². The number of carbonyl (C=O) groups excluding carboxylic acids is 1. The van der Waals surface area contributed by atoms with E-state index in [-0.39, 0.29) is 12.4 Å². The van der Waals surface area contributed by atoms with Crippen molar-refractivity contribution in [3.05, 3.63) is 12.2 Å². The summed E-state index contributed by atoms with van der Waals surface area (Å²) >= 11 is 0. The predicted octanol–water partition coefficient (Wildman–Crippen LogP) is -0.887. The molecule has 0 fully saturated rings. The van der Waals surface area contributed by atoms with Gasteiger partial charge >= 0.3 is 5.91 Å². The molecule has 0 bridgehead atoms. The molecule has 1 rings (SSSR count). The van der Waals surface area contributed by atoms with Crippen LogP contribution in [0.2, 0.25) is 0 Å². The van der Waals surface area contributed by atoms with Crippen LogP contribution in [0.4, 0.5) is 0 Å². The van der Waals surface area contributed by atoms with Crippen molar-refractivity contribution in [1.82, 2.24) is 20.7 Å². The van der Waals surface area contributed by atoms with Gasteiger partial charge in [0.1, 0.15) is 6.33 Å². The molecule has 0 saturated heterocycles. The van der Waals surface area contributed by atoms with Crippen LogP contribution in [-0.2, 0) is 9.57 Å². The first-order chi connectivity index (χ1) is 6.34. The van der Waals surface area contributed by atoms with Crippen molar-refractivity contribution < 1.29 is 14.4 Å². The molecule has 0 saturated carbocycles. The summed E-state index contributed by atoms with van der Waals surface area (Å²) in [6, 6.07) is 0. The number of aromatic amines is 1. The Morgan fingerprint density at radius 1 is 1.69 bits per heavy atom. The topological polar surface area (TPSA) is 89.1 Å². The molecule has 1 aromatic rings. The van der Waals surface area contributed by atoms with Gasteiger partial charge in [0.2, 0.25) is 5.82 Å². The normalized spacial score (nSPS) is 9.92. The van der Waals surface area contributed by atoms with E-state index in [0.717, 1.165) is 0 Å². The molecule has 7 nitrogen and oxygen atoms in total. The molecule has 1 amide bonds. The van der Waals surface area contributed by atoms with Crippen molar-refractivity contribution in [2.45, 2.75) is 0 Å². The van der Waals surface area contributed by atoms with Crippen molar-refractivity contribution in [2.75, 3.05) is 20.3 Å². The molecule has 0 aliphatic heterocycles. The average Bonchev–Trinajstić information content (AvgIpc) is 2.65. The number of nitrogens with zero attached hydrogens (tertiary/aromatic N) is 2. The fraction of sp³-hybridized carbons (Fsp3) is 0.500. The van der Waals surface area contributed by atoms with Gasteiger partial charge in [0.15, 0.2) is 0 Å². The zero-order chi connectivity index (χ0) is 9.52. The molecule has 7 heteroatoms. The molecule has 0 aliphatic rings. The van der Waals surface area contributed by atoms with Crippen LogP contribution in [0, 0.1) is 0 Å². The van der Waals surface area contributed by atoms with E-state index in [9.17, 15) is 4.79 Å². The highest BCUT2D eigenvalue weighted by atomic mass is 16.7. The third kappa shape index (κ3) is 3.18. The molecule has 0 spiro atoms. The summed E-state index contributed by atoms with van der Waals surface area (Å²) in [5.74, 6) is -0.356. The second-order valence-electron chi connectivity index (χ2n) is 2.11. The number of methoxy groups -OCH3 is 1. The van der Waals surface area contributed by atoms with E-state index in [0.29, 0.717) is 6.61 Å². The minimum Gasteiger partial charge on any atom is -0.382 e. The largest absolute Gasteiger partial charge is 0.382 e. The van der Waals surface area contributed by atoms with E-state index in [1.54, 1.807) is 7.11 Å². The van der Waals surface area contributed by atoms with Gasteiger partial charge in [-0.3, -0.25) is 14.7 Å². The summed E-state index contributed by atoms with van der Waals surface area (Å²) in [7, 11) is 1.54. The molecule has 0 unspecified atom stereocenters. The summed E-state index contributed by atoms with van der Waals surface area (Å²) in [4.78, 5) is 19.4. The number of hydrogen-bond acceptors (Lipinski definition) is 5. The van der Waals surface area contributed by atoms with Crippen molar-refractivity contribution in [3.8, 4) is 0 Å². The zero-order valence-electron chi connectivity index (χ0n) is 7.11. The van der Waals surface area contributed by atoms with Gasteiger partial charge in [0.25, 0.3) is 0 Å². The predicted molar refractivity (Wildman–Crippen MR) is 41.7 cm³/mol. The third-order valence-corrected chi connectivity index (χ3v) is 1.18. The number of ether oxygens (including phenoxy) is 1. The van der Waals surface area contributed by atoms with Gasteiger partial charge in [0, 0.05) is 7.11 Å². The summed E-state index contributed by atoms with van der Waals surface area (Å²) in [6.07, 6.45) is 1.24. The number of hydroxylamine groups is 1. The molecule has 0 aromatic carbocycles. The van der Waals surface area contributed by atoms with Crippen molar-refractivity contribution in [2.24, 2.45) is 0 Å². The second-order valence-corrected chi connectivity index (χ2v) is 2.11. The number of hydrogen-bond donors (Lipinski definition) is 2. The smallest absolute Gasteiger partial charge is 0.312 e. The van der Waals surface area contributed by atoms with Crippen LogP contribution in [0.1, 0.15) is 10.6 Å². The van der Waals surface area contributed by atoms with Gasteiger partial charge in [0.05, 0.1) is 13.2 Å². The molecule has 1 aromatic heterocycles. The van der Waals surface area contributed by atoms with E-state index in [1.807, 2.05) is 0 Å². The van der Waals surface area contributed by atoms with E-state index in [4.69, 9.17) is 9.57 Å². The first kappa shape index (κ1) is 9.62. The number of nitrogens with one attached hydrogen (secondary N) is 2. The van der Waals surface area contributed by atoms with Crippen LogP contribution in [0.3, 0.4) is 0 Å². The van der Waals surface area contributed by atoms with Crippen LogP contribution in [0.15, 0.2) is 6.33 Å². The Hall–Kier alpha value is -1.47. The maximum absolute atomic E-state index is 11.1. The molecule has 1 heterocycles. The summed E-state index contributed by atoms with van der Waals surface area (Å²) in [6.45, 7) is 0.701. The van der Waals surface area contributed by atoms with E-state index in [2.05, 4.69) is 20.7 Å². The Balaban J connectivity index is 2.19. The molecule has 72 valence electrons. The number of amides is 1. The average molecular weight is 186 g/mol. The molecule has 2 N–H and O–H groups in total. The van der Waals surface area contributed by atoms with E-state index in [1.165, 1.54) is 6.33 Å². The molecular formula is C6H10N4O3. The quantitative estimate of drug-likeness (QED) is 0.460. The Kier molecular flexibility index (Phi) is 3.86. The van der Waals surface area contributed by atoms with Gasteiger partial charge in [-0.15, -0.1) is 0 Å². The molecule has 0 radical (unpaired) electrons. The lowest BCUT2D eigenvalue weighted by Crippen LogP contribution is -2.26. The highest BCUT2D eigenvalue weighted by molar-refractivity contribution is 5.89. The SMILES string of the molecule is COCCONC(=O)c1ncn[nH]1. The van der Waals surface area contributed by atoms with Crippen LogP contribution in [0.25, 0.3) is 0 Å². The summed E-state index contributed by atoms with van der Waals surface area (Å²) in [5.41, 5.74) is 2.17. The van der Waals surface area contributed by atoms with E-state index >= 15 is 0 Å². The Morgan fingerprint density at radius 3 is 3.15 bits per heavy atom. The van der Waals surface area contributed by atoms with Crippen LogP contribution < -0.4 is 5.48 Å². The molecule has 0 atom stereocenters. The second kappa shape index (κ2) is 5.22. The van der Waals surface area contributed by atoms with Crippen LogP contribution >= 0.6 is 0 Å². The number of aromatic nitrogens is 3. The Morgan fingerprint density at radius 2 is 2.54 bits per heavy atom. The third-order valence-electron chi connectivity index (χ3n) is 1.18. The monoisotopic (exact) mass is 186 g/mol. The highest BCUT2D eigenvalue weighted by Crippen LogP contribution is 1.84. The Bertz CT molecular complexity index is 248. The summed E-state index contributed by atoms with van der Waals surface area (Å²) < 4.78 is 4.70. The minimum atomic E-state index is -0.464. The molecular weight excluding hydrogens is 176 g/mol. The van der Waals surface area contributed by atoms with Gasteiger partial charge in [-0.25, -0.2) is 10.5 Å². The van der Waals surface area contributed by atoms with E-state index < -0.39 is 5.91 Å². The maximum atomic E-state index is 11.1. The fourth-order valence-electron chi connectivity index (χ4n) is 0.605. The Labute approximate surface area is 74.4 Å². The van der Waals surface area contributed by atoms with Crippen molar-refractivity contribution in [3.63, 3.8) is 0 Å². The van der Waals surface area contributed by atoms with Crippen LogP contribution in [-0.4, -0.2) is 41.4 Å².